The van der Waals surface area contributed by atoms with Gasteiger partial charge in [0.15, 0.2) is 5.13 Å². The highest BCUT2D eigenvalue weighted by atomic mass is 32.1. The molecular weight excluding hydrogens is 216 g/mol. The van der Waals surface area contributed by atoms with Gasteiger partial charge in [-0.2, -0.15) is 0 Å². The third-order valence-electron chi connectivity index (χ3n) is 1.94. The number of thiazole rings is 1. The van der Waals surface area contributed by atoms with Gasteiger partial charge in [0.2, 0.25) is 5.91 Å². The van der Waals surface area contributed by atoms with E-state index in [4.69, 9.17) is 5.11 Å². The van der Waals surface area contributed by atoms with E-state index in [1.54, 1.807) is 6.20 Å². The highest BCUT2D eigenvalue weighted by Gasteiger charge is 2.36. The minimum absolute atomic E-state index is 0.423. The second kappa shape index (κ2) is 3.98. The molecule has 0 atom stereocenters. The van der Waals surface area contributed by atoms with E-state index >= 15 is 0 Å². The highest BCUT2D eigenvalue weighted by molar-refractivity contribution is 7.15. The molecule has 0 bridgehead atoms. The van der Waals surface area contributed by atoms with E-state index < -0.39 is 17.3 Å². The van der Waals surface area contributed by atoms with Gasteiger partial charge in [-0.05, 0) is 20.8 Å². The molecule has 0 spiro atoms. The van der Waals surface area contributed by atoms with Crippen molar-refractivity contribution >= 4 is 28.3 Å². The van der Waals surface area contributed by atoms with Gasteiger partial charge in [-0.15, -0.1) is 11.3 Å². The van der Waals surface area contributed by atoms with Crippen LogP contribution >= 0.6 is 11.3 Å². The quantitative estimate of drug-likeness (QED) is 0.768. The van der Waals surface area contributed by atoms with Gasteiger partial charge < -0.3 is 10.4 Å². The Kier molecular flexibility index (Phi) is 3.09. The predicted molar refractivity (Wildman–Crippen MR) is 56.9 cm³/mol. The van der Waals surface area contributed by atoms with E-state index in [-0.39, 0.29) is 0 Å². The third-order valence-corrected chi connectivity index (χ3v) is 2.77. The van der Waals surface area contributed by atoms with Gasteiger partial charge in [-0.3, -0.25) is 9.59 Å². The Hall–Kier alpha value is -1.43. The zero-order chi connectivity index (χ0) is 11.6. The molecule has 0 fully saturated rings. The number of amides is 1. The number of nitrogens with one attached hydrogen (secondary N) is 1. The molecule has 2 N–H and O–H groups in total. The van der Waals surface area contributed by atoms with E-state index in [0.717, 1.165) is 4.88 Å². The number of rotatable bonds is 3. The summed E-state index contributed by atoms with van der Waals surface area (Å²) < 4.78 is 0. The number of hydrogen-bond acceptors (Lipinski definition) is 4. The number of carbonyl (C=O) groups is 2. The Balaban J connectivity index is 2.76. The fraction of sp³-hybridized carbons (Fsp3) is 0.444. The highest BCUT2D eigenvalue weighted by Crippen LogP contribution is 2.21. The van der Waals surface area contributed by atoms with E-state index in [1.165, 1.54) is 25.2 Å². The van der Waals surface area contributed by atoms with E-state index in [9.17, 15) is 9.59 Å². The maximum atomic E-state index is 11.6. The Morgan fingerprint density at radius 1 is 1.53 bits per heavy atom. The van der Waals surface area contributed by atoms with Crippen LogP contribution in [0.2, 0.25) is 0 Å². The van der Waals surface area contributed by atoms with Crippen LogP contribution < -0.4 is 5.32 Å². The monoisotopic (exact) mass is 228 g/mol. The number of carboxylic acids is 1. The average Bonchev–Trinajstić information content (AvgIpc) is 2.50. The first-order chi connectivity index (χ1) is 6.84. The summed E-state index contributed by atoms with van der Waals surface area (Å²) in [5, 5.41) is 11.7. The molecule has 0 radical (unpaired) electrons. The molecule has 1 aromatic heterocycles. The first-order valence-electron chi connectivity index (χ1n) is 4.31. The number of carbonyl (C=O) groups excluding carboxylic acids is 1. The molecule has 0 saturated heterocycles. The van der Waals surface area contributed by atoms with Crippen LogP contribution in [0.5, 0.6) is 0 Å². The van der Waals surface area contributed by atoms with Crippen molar-refractivity contribution in [3.05, 3.63) is 11.1 Å². The molecule has 1 aromatic rings. The van der Waals surface area contributed by atoms with Crippen molar-refractivity contribution in [3.8, 4) is 0 Å². The molecule has 0 aliphatic rings. The molecule has 0 saturated carbocycles. The third kappa shape index (κ3) is 2.53. The van der Waals surface area contributed by atoms with E-state index in [1.807, 2.05) is 6.92 Å². The molecule has 82 valence electrons. The number of aromatic nitrogens is 1. The molecule has 1 heterocycles. The number of aryl methyl sites for hydroxylation is 1. The summed E-state index contributed by atoms with van der Waals surface area (Å²) in [7, 11) is 0. The fourth-order valence-electron chi connectivity index (χ4n) is 0.763. The normalized spacial score (nSPS) is 11.1. The smallest absolute Gasteiger partial charge is 0.318 e. The van der Waals surface area contributed by atoms with Crippen molar-refractivity contribution < 1.29 is 14.7 Å². The number of carboxylic acid groups (broad SMARTS) is 1. The van der Waals surface area contributed by atoms with Crippen LogP contribution in [0, 0.1) is 12.3 Å². The Labute approximate surface area is 91.1 Å². The predicted octanol–water partition coefficient (Wildman–Crippen LogP) is 1.50. The molecule has 0 aliphatic carbocycles. The van der Waals surface area contributed by atoms with Crippen molar-refractivity contribution in [2.45, 2.75) is 20.8 Å². The van der Waals surface area contributed by atoms with Gasteiger partial charge in [-0.1, -0.05) is 0 Å². The standard InChI is InChI=1S/C9H12N2O3S/c1-5-4-10-8(15-5)11-6(12)9(2,3)7(13)14/h4H,1-3H3,(H,13,14)(H,10,11,12). The molecule has 5 nitrogen and oxygen atoms in total. The average molecular weight is 228 g/mol. The van der Waals surface area contributed by atoms with Crippen molar-refractivity contribution in [1.29, 1.82) is 0 Å². The minimum Gasteiger partial charge on any atom is -0.480 e. The summed E-state index contributed by atoms with van der Waals surface area (Å²) in [4.78, 5) is 27.2. The molecule has 6 heteroatoms. The number of nitrogens with zero attached hydrogens (tertiary/aromatic N) is 1. The van der Waals surface area contributed by atoms with Gasteiger partial charge in [0.05, 0.1) is 0 Å². The topological polar surface area (TPSA) is 79.3 Å². The van der Waals surface area contributed by atoms with E-state index in [2.05, 4.69) is 10.3 Å². The van der Waals surface area contributed by atoms with Crippen molar-refractivity contribution in [2.24, 2.45) is 5.41 Å². The lowest BCUT2D eigenvalue weighted by Crippen LogP contribution is -2.37. The van der Waals surface area contributed by atoms with E-state index in [0.29, 0.717) is 5.13 Å². The van der Waals surface area contributed by atoms with Crippen LogP contribution in [-0.4, -0.2) is 22.0 Å². The molecule has 0 unspecified atom stereocenters. The summed E-state index contributed by atoms with van der Waals surface area (Å²) in [5.74, 6) is -1.72. The first kappa shape index (κ1) is 11.6. The van der Waals surface area contributed by atoms with Gasteiger partial charge >= 0.3 is 5.97 Å². The second-order valence-electron chi connectivity index (χ2n) is 3.66. The molecule has 0 aliphatic heterocycles. The molecular formula is C9H12N2O3S. The zero-order valence-corrected chi connectivity index (χ0v) is 9.51. The number of hydrogen-bond donors (Lipinski definition) is 2. The lowest BCUT2D eigenvalue weighted by molar-refractivity contribution is -0.151. The van der Waals surface area contributed by atoms with Crippen LogP contribution in [-0.2, 0) is 9.59 Å². The van der Waals surface area contributed by atoms with Crippen LogP contribution in [0.1, 0.15) is 18.7 Å². The SMILES string of the molecule is Cc1cnc(NC(=O)C(C)(C)C(=O)O)s1. The summed E-state index contributed by atoms with van der Waals surface area (Å²) in [5.41, 5.74) is -1.44. The maximum Gasteiger partial charge on any atom is 0.318 e. The lowest BCUT2D eigenvalue weighted by atomic mass is 9.93. The summed E-state index contributed by atoms with van der Waals surface area (Å²) >= 11 is 1.31. The summed E-state index contributed by atoms with van der Waals surface area (Å²) in [6.45, 7) is 4.56. The van der Waals surface area contributed by atoms with Gasteiger partial charge in [0.25, 0.3) is 0 Å². The molecule has 1 amide bonds. The molecule has 1 rings (SSSR count). The Morgan fingerprint density at radius 3 is 2.53 bits per heavy atom. The largest absolute Gasteiger partial charge is 0.480 e. The zero-order valence-electron chi connectivity index (χ0n) is 8.70. The van der Waals surface area contributed by atoms with Crippen LogP contribution in [0.15, 0.2) is 6.20 Å². The summed E-state index contributed by atoms with van der Waals surface area (Å²) in [6.07, 6.45) is 1.62. The lowest BCUT2D eigenvalue weighted by Gasteiger charge is -2.16. The van der Waals surface area contributed by atoms with Crippen LogP contribution in [0.25, 0.3) is 0 Å². The minimum atomic E-state index is -1.44. The second-order valence-corrected chi connectivity index (χ2v) is 4.90. The fourth-order valence-corrected chi connectivity index (χ4v) is 1.42. The van der Waals surface area contributed by atoms with Gasteiger partial charge in [0.1, 0.15) is 5.41 Å². The maximum absolute atomic E-state index is 11.6. The number of aliphatic carboxylic acids is 1. The molecule has 15 heavy (non-hydrogen) atoms. The van der Waals surface area contributed by atoms with Crippen molar-refractivity contribution in [3.63, 3.8) is 0 Å². The van der Waals surface area contributed by atoms with Crippen LogP contribution in [0.3, 0.4) is 0 Å². The first-order valence-corrected chi connectivity index (χ1v) is 5.13. The molecule has 0 aromatic carbocycles. The number of anilines is 1. The Bertz CT molecular complexity index is 398. The van der Waals surface area contributed by atoms with Gasteiger partial charge in [-0.25, -0.2) is 4.98 Å². The van der Waals surface area contributed by atoms with Crippen LogP contribution in [0.4, 0.5) is 5.13 Å². The van der Waals surface area contributed by atoms with Crippen molar-refractivity contribution in [1.82, 2.24) is 4.98 Å². The Morgan fingerprint density at radius 2 is 2.13 bits per heavy atom. The van der Waals surface area contributed by atoms with Gasteiger partial charge in [0, 0.05) is 11.1 Å². The summed E-state index contributed by atoms with van der Waals surface area (Å²) in [6, 6.07) is 0. The van der Waals surface area contributed by atoms with Crippen molar-refractivity contribution in [2.75, 3.05) is 5.32 Å².